The van der Waals surface area contributed by atoms with Crippen LogP contribution < -0.4 is 0 Å². The summed E-state index contributed by atoms with van der Waals surface area (Å²) in [6, 6.07) is 5.23. The third-order valence-electron chi connectivity index (χ3n) is 2.80. The average molecular weight is 270 g/mol. The number of pyridine rings is 1. The van der Waals surface area contributed by atoms with Gasteiger partial charge < -0.3 is 9.52 Å². The molecule has 0 aliphatic carbocycles. The third kappa shape index (κ3) is 2.16. The molecule has 0 bridgehead atoms. The minimum absolute atomic E-state index is 0.0836. The maximum absolute atomic E-state index is 11.3. The molecule has 3 rings (SSSR count). The minimum atomic E-state index is -1.12. The molecule has 0 spiro atoms. The van der Waals surface area contributed by atoms with Crippen molar-refractivity contribution in [1.82, 2.24) is 20.0 Å². The number of aromatic carboxylic acids is 1. The van der Waals surface area contributed by atoms with E-state index in [-0.39, 0.29) is 5.69 Å². The molecule has 0 amide bonds. The number of nitrogens with zero attached hydrogens (tertiary/aromatic N) is 4. The van der Waals surface area contributed by atoms with Crippen molar-refractivity contribution in [3.63, 3.8) is 0 Å². The molecule has 7 heteroatoms. The van der Waals surface area contributed by atoms with Gasteiger partial charge in [0, 0.05) is 23.5 Å². The Hall–Kier alpha value is -2.96. The summed E-state index contributed by atoms with van der Waals surface area (Å²) in [6.45, 7) is 0.383. The number of hydrogen-bond donors (Lipinski definition) is 1. The molecule has 3 heterocycles. The van der Waals surface area contributed by atoms with Crippen molar-refractivity contribution in [3.8, 4) is 11.3 Å². The maximum Gasteiger partial charge on any atom is 0.358 e. The van der Waals surface area contributed by atoms with E-state index in [0.717, 1.165) is 5.56 Å². The van der Waals surface area contributed by atoms with Crippen LogP contribution in [0.25, 0.3) is 11.3 Å². The molecule has 3 aromatic rings. The molecule has 20 heavy (non-hydrogen) atoms. The van der Waals surface area contributed by atoms with Crippen LogP contribution in [0.2, 0.25) is 0 Å². The molecule has 0 aliphatic rings. The number of carbonyl (C=O) groups is 1. The van der Waals surface area contributed by atoms with Gasteiger partial charge in [-0.2, -0.15) is 0 Å². The summed E-state index contributed by atoms with van der Waals surface area (Å²) >= 11 is 0. The highest BCUT2D eigenvalue weighted by atomic mass is 16.4. The zero-order valence-electron chi connectivity index (χ0n) is 10.3. The molecule has 0 saturated heterocycles. The number of hydrogen-bond acceptors (Lipinski definition) is 5. The summed E-state index contributed by atoms with van der Waals surface area (Å²) in [4.78, 5) is 15.2. The molecular weight excluding hydrogens is 260 g/mol. The maximum atomic E-state index is 11.3. The van der Waals surface area contributed by atoms with E-state index in [9.17, 15) is 9.90 Å². The molecule has 7 nitrogen and oxygen atoms in total. The highest BCUT2D eigenvalue weighted by molar-refractivity contribution is 5.92. The van der Waals surface area contributed by atoms with E-state index in [1.54, 1.807) is 43.1 Å². The fourth-order valence-corrected chi connectivity index (χ4v) is 1.92. The summed E-state index contributed by atoms with van der Waals surface area (Å²) in [5, 5.41) is 16.9. The van der Waals surface area contributed by atoms with Crippen LogP contribution in [0, 0.1) is 0 Å². The van der Waals surface area contributed by atoms with Crippen LogP contribution in [-0.4, -0.2) is 31.1 Å². The van der Waals surface area contributed by atoms with Crippen molar-refractivity contribution in [1.29, 1.82) is 0 Å². The Morgan fingerprint density at radius 1 is 1.30 bits per heavy atom. The Morgan fingerprint density at radius 2 is 2.10 bits per heavy atom. The molecule has 100 valence electrons. The van der Waals surface area contributed by atoms with E-state index in [2.05, 4.69) is 15.3 Å². The number of carboxylic acids is 1. The molecule has 0 unspecified atom stereocenters. The third-order valence-corrected chi connectivity index (χ3v) is 2.80. The van der Waals surface area contributed by atoms with Crippen molar-refractivity contribution >= 4 is 5.97 Å². The van der Waals surface area contributed by atoms with Crippen LogP contribution in [0.3, 0.4) is 0 Å². The molecular formula is C13H10N4O3. The standard InChI is InChI=1S/C13H10N4O3/c18-13(19)11-12(10-1-4-14-5-2-10)17(16-15-11)7-9-3-6-20-8-9/h1-6,8H,7H2,(H,18,19). The van der Waals surface area contributed by atoms with Gasteiger partial charge in [-0.05, 0) is 18.2 Å². The fraction of sp³-hybridized carbons (Fsp3) is 0.0769. The van der Waals surface area contributed by atoms with E-state index in [1.165, 1.54) is 4.68 Å². The van der Waals surface area contributed by atoms with Crippen molar-refractivity contribution in [3.05, 3.63) is 54.4 Å². The summed E-state index contributed by atoms with van der Waals surface area (Å²) in [5.74, 6) is -1.12. The van der Waals surface area contributed by atoms with Crippen LogP contribution in [0.5, 0.6) is 0 Å². The van der Waals surface area contributed by atoms with Crippen molar-refractivity contribution < 1.29 is 14.3 Å². The lowest BCUT2D eigenvalue weighted by molar-refractivity contribution is 0.0691. The number of carboxylic acid groups (broad SMARTS) is 1. The molecule has 0 atom stereocenters. The smallest absolute Gasteiger partial charge is 0.358 e. The highest BCUT2D eigenvalue weighted by Crippen LogP contribution is 2.22. The summed E-state index contributed by atoms with van der Waals surface area (Å²) < 4.78 is 6.53. The normalized spacial score (nSPS) is 10.6. The van der Waals surface area contributed by atoms with Gasteiger partial charge >= 0.3 is 5.97 Å². The van der Waals surface area contributed by atoms with Crippen molar-refractivity contribution in [2.45, 2.75) is 6.54 Å². The second-order valence-corrected chi connectivity index (χ2v) is 4.12. The molecule has 0 saturated carbocycles. The van der Waals surface area contributed by atoms with Crippen LogP contribution in [0.4, 0.5) is 0 Å². The molecule has 0 aromatic carbocycles. The number of rotatable bonds is 4. The quantitative estimate of drug-likeness (QED) is 0.775. The van der Waals surface area contributed by atoms with E-state index < -0.39 is 5.97 Å². The first kappa shape index (κ1) is 12.1. The Bertz CT molecular complexity index is 719. The average Bonchev–Trinajstić information content (AvgIpc) is 3.09. The molecule has 0 radical (unpaired) electrons. The molecule has 0 fully saturated rings. The zero-order chi connectivity index (χ0) is 13.9. The van der Waals surface area contributed by atoms with Gasteiger partial charge in [0.1, 0.15) is 5.69 Å². The monoisotopic (exact) mass is 270 g/mol. The molecule has 1 N–H and O–H groups in total. The molecule has 0 aliphatic heterocycles. The number of furan rings is 1. The Kier molecular flexibility index (Phi) is 3.00. The van der Waals surface area contributed by atoms with Crippen LogP contribution in [-0.2, 0) is 6.54 Å². The van der Waals surface area contributed by atoms with Gasteiger partial charge in [-0.3, -0.25) is 4.98 Å². The minimum Gasteiger partial charge on any atom is -0.476 e. The van der Waals surface area contributed by atoms with Crippen molar-refractivity contribution in [2.75, 3.05) is 0 Å². The SMILES string of the molecule is O=C(O)c1nnn(Cc2ccoc2)c1-c1ccncc1. The lowest BCUT2D eigenvalue weighted by Gasteiger charge is -2.05. The predicted molar refractivity (Wildman–Crippen MR) is 68.0 cm³/mol. The van der Waals surface area contributed by atoms with E-state index in [0.29, 0.717) is 17.8 Å². The summed E-state index contributed by atoms with van der Waals surface area (Å²) in [7, 11) is 0. The fourth-order valence-electron chi connectivity index (χ4n) is 1.92. The van der Waals surface area contributed by atoms with Gasteiger partial charge in [0.15, 0.2) is 5.69 Å². The van der Waals surface area contributed by atoms with Gasteiger partial charge in [0.25, 0.3) is 0 Å². The lowest BCUT2D eigenvalue weighted by atomic mass is 10.1. The van der Waals surface area contributed by atoms with Gasteiger partial charge in [-0.1, -0.05) is 5.21 Å². The van der Waals surface area contributed by atoms with Gasteiger partial charge in [0.05, 0.1) is 19.1 Å². The van der Waals surface area contributed by atoms with E-state index in [1.807, 2.05) is 0 Å². The first-order valence-corrected chi connectivity index (χ1v) is 5.84. The number of aromatic nitrogens is 4. The lowest BCUT2D eigenvalue weighted by Crippen LogP contribution is -2.05. The van der Waals surface area contributed by atoms with E-state index >= 15 is 0 Å². The van der Waals surface area contributed by atoms with Crippen LogP contribution >= 0.6 is 0 Å². The molecule has 3 aromatic heterocycles. The van der Waals surface area contributed by atoms with Gasteiger partial charge in [-0.25, -0.2) is 9.48 Å². The first-order valence-electron chi connectivity index (χ1n) is 5.84. The van der Waals surface area contributed by atoms with Crippen LogP contribution in [0.1, 0.15) is 16.1 Å². The van der Waals surface area contributed by atoms with Gasteiger partial charge in [0.2, 0.25) is 0 Å². The second kappa shape index (κ2) is 4.96. The summed E-state index contributed by atoms with van der Waals surface area (Å²) in [6.07, 6.45) is 6.32. The Balaban J connectivity index is 2.09. The van der Waals surface area contributed by atoms with Crippen LogP contribution in [0.15, 0.2) is 47.5 Å². The van der Waals surface area contributed by atoms with Gasteiger partial charge in [-0.15, -0.1) is 5.10 Å². The highest BCUT2D eigenvalue weighted by Gasteiger charge is 2.20. The van der Waals surface area contributed by atoms with E-state index in [4.69, 9.17) is 4.42 Å². The topological polar surface area (TPSA) is 94.0 Å². The first-order chi connectivity index (χ1) is 9.75. The predicted octanol–water partition coefficient (Wildman–Crippen LogP) is 1.68. The summed E-state index contributed by atoms with van der Waals surface area (Å²) in [5.41, 5.74) is 1.94. The zero-order valence-corrected chi connectivity index (χ0v) is 10.3. The Labute approximate surface area is 113 Å². The largest absolute Gasteiger partial charge is 0.476 e. The second-order valence-electron chi connectivity index (χ2n) is 4.12. The van der Waals surface area contributed by atoms with Crippen molar-refractivity contribution in [2.24, 2.45) is 0 Å². The Morgan fingerprint density at radius 3 is 2.75 bits per heavy atom.